The number of rotatable bonds is 7. The zero-order valence-corrected chi connectivity index (χ0v) is 18.1. The fourth-order valence-electron chi connectivity index (χ4n) is 2.93. The Morgan fingerprint density at radius 3 is 2.77 bits per heavy atom. The fourth-order valence-corrected chi connectivity index (χ4v) is 3.95. The zero-order valence-electron chi connectivity index (χ0n) is 16.5. The number of carbonyl (C=O) groups excluding carboxylic acids is 1. The van der Waals surface area contributed by atoms with Crippen molar-refractivity contribution in [3.63, 3.8) is 0 Å². The molecule has 0 saturated heterocycles. The first-order valence-electron chi connectivity index (χ1n) is 9.39. The van der Waals surface area contributed by atoms with Crippen molar-refractivity contribution < 1.29 is 13.9 Å². The van der Waals surface area contributed by atoms with Crippen molar-refractivity contribution in [2.75, 3.05) is 0 Å². The average molecular weight is 457 g/mol. The highest BCUT2D eigenvalue weighted by Crippen LogP contribution is 2.22. The van der Waals surface area contributed by atoms with Crippen molar-refractivity contribution in [2.24, 2.45) is 0 Å². The molecule has 4 aromatic rings. The van der Waals surface area contributed by atoms with E-state index < -0.39 is 0 Å². The molecule has 0 radical (unpaired) electrons. The molecule has 0 aliphatic rings. The van der Waals surface area contributed by atoms with Crippen molar-refractivity contribution in [1.29, 1.82) is 0 Å². The van der Waals surface area contributed by atoms with Crippen molar-refractivity contribution >= 4 is 28.8 Å². The van der Waals surface area contributed by atoms with Crippen molar-refractivity contribution in [2.45, 2.75) is 20.1 Å². The number of aryl methyl sites for hydroxylation is 1. The van der Waals surface area contributed by atoms with Crippen LogP contribution in [0.15, 0.2) is 61.2 Å². The zero-order chi connectivity index (χ0) is 21.8. The van der Waals surface area contributed by atoms with Crippen LogP contribution in [0.2, 0.25) is 5.02 Å². The summed E-state index contributed by atoms with van der Waals surface area (Å²) in [5.41, 5.74) is 1.68. The third-order valence-electron chi connectivity index (χ3n) is 4.47. The number of carbonyl (C=O) groups is 1. The number of nitrogens with zero attached hydrogens (tertiary/aromatic N) is 3. The first-order valence-corrected chi connectivity index (χ1v) is 10.6. The molecule has 2 aromatic heterocycles. The molecule has 0 atom stereocenters. The number of halogens is 2. The number of hydrogen-bond donors (Lipinski definition) is 1. The summed E-state index contributed by atoms with van der Waals surface area (Å²) >= 11 is 7.14. The number of aromatic nitrogens is 3. The number of imidazole rings is 1. The minimum Gasteiger partial charge on any atom is -0.486 e. The van der Waals surface area contributed by atoms with Gasteiger partial charge in [-0.2, -0.15) is 0 Å². The topological polar surface area (TPSA) is 69.0 Å². The summed E-state index contributed by atoms with van der Waals surface area (Å²) in [4.78, 5) is 21.4. The fraction of sp³-hybridized carbons (Fsp3) is 0.136. The molecule has 9 heteroatoms. The van der Waals surface area contributed by atoms with Crippen LogP contribution in [-0.2, 0) is 13.2 Å². The minimum atomic E-state index is -0.389. The molecular weight excluding hydrogens is 439 g/mol. The number of benzene rings is 2. The van der Waals surface area contributed by atoms with Crippen molar-refractivity contribution in [3.05, 3.63) is 93.2 Å². The summed E-state index contributed by atoms with van der Waals surface area (Å²) in [6, 6.07) is 11.9. The molecule has 2 heterocycles. The smallest absolute Gasteiger partial charge is 0.263 e. The number of nitrogens with one attached hydrogen (secondary N) is 1. The monoisotopic (exact) mass is 456 g/mol. The van der Waals surface area contributed by atoms with Gasteiger partial charge in [0.1, 0.15) is 28.1 Å². The van der Waals surface area contributed by atoms with Gasteiger partial charge in [0, 0.05) is 24.0 Å². The number of hydrogen-bond acceptors (Lipinski definition) is 5. The van der Waals surface area contributed by atoms with E-state index in [1.807, 2.05) is 0 Å². The van der Waals surface area contributed by atoms with Crippen LogP contribution in [0.3, 0.4) is 0 Å². The van der Waals surface area contributed by atoms with Crippen LogP contribution in [0.4, 0.5) is 4.39 Å². The molecule has 2 aromatic carbocycles. The Bertz CT molecular complexity index is 1190. The van der Waals surface area contributed by atoms with Crippen LogP contribution in [0, 0.1) is 12.7 Å². The van der Waals surface area contributed by atoms with Crippen LogP contribution in [0.25, 0.3) is 5.69 Å². The summed E-state index contributed by atoms with van der Waals surface area (Å²) in [5, 5.41) is 4.14. The molecular formula is C22H18ClFN4O2S. The summed E-state index contributed by atoms with van der Waals surface area (Å²) in [7, 11) is 0. The maximum atomic E-state index is 14.4. The Kier molecular flexibility index (Phi) is 6.29. The molecule has 158 valence electrons. The first-order chi connectivity index (χ1) is 15.0. The van der Waals surface area contributed by atoms with Crippen LogP contribution >= 0.6 is 22.9 Å². The van der Waals surface area contributed by atoms with E-state index in [4.69, 9.17) is 16.3 Å². The second kappa shape index (κ2) is 9.28. The van der Waals surface area contributed by atoms with Gasteiger partial charge in [0.2, 0.25) is 0 Å². The normalized spacial score (nSPS) is 10.8. The second-order valence-corrected chi connectivity index (χ2v) is 8.22. The van der Waals surface area contributed by atoms with E-state index in [2.05, 4.69) is 15.3 Å². The van der Waals surface area contributed by atoms with Crippen LogP contribution in [0.1, 0.15) is 25.9 Å². The molecule has 0 aliphatic heterocycles. The molecule has 0 aliphatic carbocycles. The highest BCUT2D eigenvalue weighted by molar-refractivity contribution is 7.13. The first kappa shape index (κ1) is 21.0. The minimum absolute atomic E-state index is 0.202. The summed E-state index contributed by atoms with van der Waals surface area (Å²) in [6.07, 6.45) is 4.78. The van der Waals surface area contributed by atoms with Gasteiger partial charge in [-0.1, -0.05) is 17.7 Å². The largest absolute Gasteiger partial charge is 0.486 e. The van der Waals surface area contributed by atoms with E-state index in [1.165, 1.54) is 23.7 Å². The molecule has 0 fully saturated rings. The predicted octanol–water partition coefficient (Wildman–Crippen LogP) is 4.94. The Balaban J connectivity index is 1.36. The van der Waals surface area contributed by atoms with E-state index >= 15 is 0 Å². The van der Waals surface area contributed by atoms with Crippen LogP contribution in [-0.4, -0.2) is 20.4 Å². The molecule has 0 saturated carbocycles. The molecule has 4 rings (SSSR count). The van der Waals surface area contributed by atoms with Gasteiger partial charge in [0.25, 0.3) is 5.91 Å². The third-order valence-corrected chi connectivity index (χ3v) is 5.85. The van der Waals surface area contributed by atoms with Gasteiger partial charge in [0.05, 0.1) is 17.7 Å². The highest BCUT2D eigenvalue weighted by atomic mass is 35.5. The van der Waals surface area contributed by atoms with E-state index in [1.54, 1.807) is 60.3 Å². The van der Waals surface area contributed by atoms with Gasteiger partial charge in [-0.05, 0) is 48.9 Å². The third kappa shape index (κ3) is 5.10. The van der Waals surface area contributed by atoms with Gasteiger partial charge < -0.3 is 14.6 Å². The summed E-state index contributed by atoms with van der Waals surface area (Å²) in [5.74, 6) is 0.0246. The van der Waals surface area contributed by atoms with Gasteiger partial charge in [-0.25, -0.2) is 14.4 Å². The maximum absolute atomic E-state index is 14.4. The lowest BCUT2D eigenvalue weighted by Gasteiger charge is -2.08. The van der Waals surface area contributed by atoms with E-state index in [9.17, 15) is 9.18 Å². The summed E-state index contributed by atoms with van der Waals surface area (Å²) < 4.78 is 21.7. The predicted molar refractivity (Wildman–Crippen MR) is 117 cm³/mol. The lowest BCUT2D eigenvalue weighted by atomic mass is 10.2. The SMILES string of the molecule is Cc1nc(COc2ccc(Cl)cc2)sc1C(=O)NCc1ccc(-n2ccnc2)c(F)c1. The number of thiazole rings is 1. The Morgan fingerprint density at radius 2 is 2.06 bits per heavy atom. The molecule has 31 heavy (non-hydrogen) atoms. The summed E-state index contributed by atoms with van der Waals surface area (Å²) in [6.45, 7) is 2.23. The van der Waals surface area contributed by atoms with Gasteiger partial charge in [-0.15, -0.1) is 11.3 Å². The van der Waals surface area contributed by atoms with Crippen molar-refractivity contribution in [3.8, 4) is 11.4 Å². The van der Waals surface area contributed by atoms with E-state index in [-0.39, 0.29) is 24.9 Å². The lowest BCUT2D eigenvalue weighted by molar-refractivity contribution is 0.0954. The van der Waals surface area contributed by atoms with Crippen molar-refractivity contribution in [1.82, 2.24) is 19.9 Å². The molecule has 1 amide bonds. The molecule has 1 N–H and O–H groups in total. The molecule has 6 nitrogen and oxygen atoms in total. The van der Waals surface area contributed by atoms with Gasteiger partial charge >= 0.3 is 0 Å². The Hall–Kier alpha value is -3.23. The average Bonchev–Trinajstić information content (AvgIpc) is 3.41. The quantitative estimate of drug-likeness (QED) is 0.427. The maximum Gasteiger partial charge on any atom is 0.263 e. The molecule has 0 unspecified atom stereocenters. The molecule has 0 spiro atoms. The lowest BCUT2D eigenvalue weighted by Crippen LogP contribution is -2.22. The standard InChI is InChI=1S/C22H18ClFN4O2S/c1-14-21(31-20(27-14)12-30-17-5-3-16(23)4-6-17)22(29)26-11-15-2-7-19(18(24)10-15)28-9-8-25-13-28/h2-10,13H,11-12H2,1H3,(H,26,29). The van der Waals surface area contributed by atoms with Crippen LogP contribution in [0.5, 0.6) is 5.75 Å². The highest BCUT2D eigenvalue weighted by Gasteiger charge is 2.16. The second-order valence-electron chi connectivity index (χ2n) is 6.70. The van der Waals surface area contributed by atoms with E-state index in [0.29, 0.717) is 37.6 Å². The number of ether oxygens (including phenoxy) is 1. The number of amides is 1. The van der Waals surface area contributed by atoms with Crippen LogP contribution < -0.4 is 10.1 Å². The van der Waals surface area contributed by atoms with Gasteiger partial charge in [0.15, 0.2) is 0 Å². The van der Waals surface area contributed by atoms with E-state index in [0.717, 1.165) is 0 Å². The Morgan fingerprint density at radius 1 is 1.26 bits per heavy atom. The Labute approximate surface area is 187 Å². The van der Waals surface area contributed by atoms with Gasteiger partial charge in [-0.3, -0.25) is 4.79 Å². The molecule has 0 bridgehead atoms.